The van der Waals surface area contributed by atoms with E-state index in [4.69, 9.17) is 15.6 Å². The van der Waals surface area contributed by atoms with Crippen LogP contribution >= 0.6 is 0 Å². The zero-order chi connectivity index (χ0) is 12.1. The van der Waals surface area contributed by atoms with Crippen molar-refractivity contribution in [2.24, 2.45) is 11.7 Å². The second-order valence-electron chi connectivity index (χ2n) is 4.19. The molecule has 0 aliphatic heterocycles. The molecule has 1 aromatic carbocycles. The number of phenolic OH excluding ortho intramolecular Hbond substituents is 1. The van der Waals surface area contributed by atoms with E-state index in [2.05, 4.69) is 0 Å². The molecule has 1 rings (SSSR count). The van der Waals surface area contributed by atoms with Gasteiger partial charge >= 0.3 is 0 Å². The largest absolute Gasteiger partial charge is 0.508 e. The molecule has 0 radical (unpaired) electrons. The number of nitrogens with two attached hydrogens (primary N) is 1. The van der Waals surface area contributed by atoms with Crippen molar-refractivity contribution in [3.8, 4) is 11.5 Å². The first-order chi connectivity index (χ1) is 7.50. The summed E-state index contributed by atoms with van der Waals surface area (Å²) in [5, 5.41) is 18.8. The van der Waals surface area contributed by atoms with E-state index in [9.17, 15) is 5.11 Å². The van der Waals surface area contributed by atoms with Crippen LogP contribution in [0.2, 0.25) is 0 Å². The van der Waals surface area contributed by atoms with E-state index in [-0.39, 0.29) is 24.3 Å². The van der Waals surface area contributed by atoms with Crippen LogP contribution in [0.1, 0.15) is 13.8 Å². The number of phenols is 1. The molecular formula is C12H19NO3. The molecule has 0 aromatic heterocycles. The highest BCUT2D eigenvalue weighted by molar-refractivity contribution is 5.30. The number of hydrogen-bond donors (Lipinski definition) is 3. The Hall–Kier alpha value is -1.26. The topological polar surface area (TPSA) is 75.7 Å². The Balaban J connectivity index is 2.42. The Labute approximate surface area is 95.7 Å². The second kappa shape index (κ2) is 5.72. The van der Waals surface area contributed by atoms with Gasteiger partial charge in [0, 0.05) is 6.04 Å². The van der Waals surface area contributed by atoms with Crippen LogP contribution < -0.4 is 10.5 Å². The molecule has 1 aromatic rings. The molecule has 0 spiro atoms. The summed E-state index contributed by atoms with van der Waals surface area (Å²) in [4.78, 5) is 0. The average molecular weight is 225 g/mol. The molecule has 0 heterocycles. The van der Waals surface area contributed by atoms with Crippen LogP contribution in [-0.4, -0.2) is 29.0 Å². The lowest BCUT2D eigenvalue weighted by Crippen LogP contribution is -2.42. The number of rotatable bonds is 5. The van der Waals surface area contributed by atoms with Gasteiger partial charge in [-0.2, -0.15) is 0 Å². The molecule has 2 unspecified atom stereocenters. The summed E-state index contributed by atoms with van der Waals surface area (Å²) in [6, 6.07) is 6.05. The third kappa shape index (κ3) is 3.72. The monoisotopic (exact) mass is 225 g/mol. The number of aromatic hydroxyl groups is 1. The van der Waals surface area contributed by atoms with E-state index in [1.54, 1.807) is 12.1 Å². The third-order valence-corrected chi connectivity index (χ3v) is 2.47. The molecule has 0 bridgehead atoms. The predicted octanol–water partition coefficient (Wildman–Crippen LogP) is 1.12. The standard InChI is InChI=1S/C12H19NO3/c1-8(2)12(13)11(15)7-16-10-5-3-9(14)4-6-10/h3-6,8,11-12,14-15H,7,13H2,1-2H3. The zero-order valence-corrected chi connectivity index (χ0v) is 9.63. The van der Waals surface area contributed by atoms with Gasteiger partial charge in [-0.25, -0.2) is 0 Å². The van der Waals surface area contributed by atoms with E-state index in [1.807, 2.05) is 13.8 Å². The van der Waals surface area contributed by atoms with Crippen LogP contribution in [-0.2, 0) is 0 Å². The molecule has 0 fully saturated rings. The van der Waals surface area contributed by atoms with Gasteiger partial charge in [-0.15, -0.1) is 0 Å². The van der Waals surface area contributed by atoms with E-state index in [1.165, 1.54) is 12.1 Å². The Morgan fingerprint density at radius 3 is 2.31 bits per heavy atom. The van der Waals surface area contributed by atoms with Crippen molar-refractivity contribution < 1.29 is 14.9 Å². The molecule has 0 saturated heterocycles. The van der Waals surface area contributed by atoms with Crippen molar-refractivity contribution in [3.63, 3.8) is 0 Å². The molecule has 4 nitrogen and oxygen atoms in total. The third-order valence-electron chi connectivity index (χ3n) is 2.47. The van der Waals surface area contributed by atoms with Crippen molar-refractivity contribution in [1.29, 1.82) is 0 Å². The summed E-state index contributed by atoms with van der Waals surface area (Å²) in [7, 11) is 0. The average Bonchev–Trinajstić information content (AvgIpc) is 2.26. The molecule has 0 aliphatic rings. The molecular weight excluding hydrogens is 206 g/mol. The molecule has 90 valence electrons. The van der Waals surface area contributed by atoms with Gasteiger partial charge in [0.05, 0.1) is 0 Å². The molecule has 0 aliphatic carbocycles. The molecule has 2 atom stereocenters. The first-order valence-corrected chi connectivity index (χ1v) is 5.36. The lowest BCUT2D eigenvalue weighted by Gasteiger charge is -2.22. The fourth-order valence-corrected chi connectivity index (χ4v) is 1.28. The van der Waals surface area contributed by atoms with Gasteiger partial charge in [-0.1, -0.05) is 13.8 Å². The van der Waals surface area contributed by atoms with Gasteiger partial charge in [0.1, 0.15) is 24.2 Å². The van der Waals surface area contributed by atoms with Gasteiger partial charge in [0.25, 0.3) is 0 Å². The summed E-state index contributed by atoms with van der Waals surface area (Å²) in [5.74, 6) is 0.998. The summed E-state index contributed by atoms with van der Waals surface area (Å²) in [5.41, 5.74) is 5.78. The maximum Gasteiger partial charge on any atom is 0.119 e. The lowest BCUT2D eigenvalue weighted by atomic mass is 10.0. The van der Waals surface area contributed by atoms with Crippen molar-refractivity contribution in [2.45, 2.75) is 26.0 Å². The quantitative estimate of drug-likeness (QED) is 0.701. The number of ether oxygens (including phenoxy) is 1. The molecule has 0 saturated carbocycles. The van der Waals surface area contributed by atoms with Crippen molar-refractivity contribution in [2.75, 3.05) is 6.61 Å². The van der Waals surface area contributed by atoms with Crippen LogP contribution in [0.5, 0.6) is 11.5 Å². The van der Waals surface area contributed by atoms with Gasteiger partial charge < -0.3 is 20.7 Å². The first kappa shape index (κ1) is 12.8. The second-order valence-corrected chi connectivity index (χ2v) is 4.19. The summed E-state index contributed by atoms with van der Waals surface area (Å²) in [6.45, 7) is 4.06. The molecule has 4 heteroatoms. The van der Waals surface area contributed by atoms with Crippen molar-refractivity contribution in [1.82, 2.24) is 0 Å². The maximum atomic E-state index is 9.70. The molecule has 4 N–H and O–H groups in total. The van der Waals surface area contributed by atoms with Crippen LogP contribution in [0.4, 0.5) is 0 Å². The van der Waals surface area contributed by atoms with Gasteiger partial charge in [0.2, 0.25) is 0 Å². The smallest absolute Gasteiger partial charge is 0.119 e. The number of aliphatic hydroxyl groups excluding tert-OH is 1. The van der Waals surface area contributed by atoms with E-state index in [0.717, 1.165) is 0 Å². The van der Waals surface area contributed by atoms with Gasteiger partial charge in [-0.3, -0.25) is 0 Å². The number of hydrogen-bond acceptors (Lipinski definition) is 4. The van der Waals surface area contributed by atoms with Crippen LogP contribution in [0.25, 0.3) is 0 Å². The Morgan fingerprint density at radius 2 is 1.81 bits per heavy atom. The summed E-state index contributed by atoms with van der Waals surface area (Å²) < 4.78 is 5.35. The first-order valence-electron chi connectivity index (χ1n) is 5.36. The Morgan fingerprint density at radius 1 is 1.25 bits per heavy atom. The van der Waals surface area contributed by atoms with E-state index in [0.29, 0.717) is 5.75 Å². The van der Waals surface area contributed by atoms with Crippen LogP contribution in [0.3, 0.4) is 0 Å². The SMILES string of the molecule is CC(C)C(N)C(O)COc1ccc(O)cc1. The van der Waals surface area contributed by atoms with E-state index < -0.39 is 6.10 Å². The molecule has 16 heavy (non-hydrogen) atoms. The Bertz CT molecular complexity index is 311. The van der Waals surface area contributed by atoms with Gasteiger partial charge in [0.15, 0.2) is 0 Å². The minimum atomic E-state index is -0.686. The predicted molar refractivity (Wildman–Crippen MR) is 62.4 cm³/mol. The van der Waals surface area contributed by atoms with Crippen molar-refractivity contribution in [3.05, 3.63) is 24.3 Å². The number of aliphatic hydroxyl groups is 1. The summed E-state index contributed by atoms with van der Waals surface area (Å²) >= 11 is 0. The Kier molecular flexibility index (Phi) is 4.58. The highest BCUT2D eigenvalue weighted by Crippen LogP contribution is 2.16. The zero-order valence-electron chi connectivity index (χ0n) is 9.63. The van der Waals surface area contributed by atoms with Crippen LogP contribution in [0.15, 0.2) is 24.3 Å². The van der Waals surface area contributed by atoms with Crippen LogP contribution in [0, 0.1) is 5.92 Å². The maximum absolute atomic E-state index is 9.70. The minimum Gasteiger partial charge on any atom is -0.508 e. The minimum absolute atomic E-state index is 0.157. The normalized spacial score (nSPS) is 14.8. The fourth-order valence-electron chi connectivity index (χ4n) is 1.28. The van der Waals surface area contributed by atoms with Crippen molar-refractivity contribution >= 4 is 0 Å². The highest BCUT2D eigenvalue weighted by atomic mass is 16.5. The molecule has 0 amide bonds. The highest BCUT2D eigenvalue weighted by Gasteiger charge is 2.18. The fraction of sp³-hybridized carbons (Fsp3) is 0.500. The van der Waals surface area contributed by atoms with Gasteiger partial charge in [-0.05, 0) is 30.2 Å². The number of benzene rings is 1. The summed E-state index contributed by atoms with van der Waals surface area (Å²) in [6.07, 6.45) is -0.686. The lowest BCUT2D eigenvalue weighted by molar-refractivity contribution is 0.0715. The van der Waals surface area contributed by atoms with E-state index >= 15 is 0 Å².